The zero-order valence-electron chi connectivity index (χ0n) is 7.90. The van der Waals surface area contributed by atoms with Gasteiger partial charge in [0.25, 0.3) is 0 Å². The van der Waals surface area contributed by atoms with Crippen LogP contribution in [0.1, 0.15) is 0 Å². The highest BCUT2D eigenvalue weighted by Gasteiger charge is 1.94. The number of thioether (sulfide) groups is 1. The second kappa shape index (κ2) is 7.68. The van der Waals surface area contributed by atoms with Gasteiger partial charge in [0.15, 0.2) is 5.17 Å². The van der Waals surface area contributed by atoms with E-state index in [0.29, 0.717) is 17.4 Å². The lowest BCUT2D eigenvalue weighted by Crippen LogP contribution is -2.08. The monoisotopic (exact) mass is 266 g/mol. The fraction of sp³-hybridized carbons (Fsp3) is 0.222. The van der Waals surface area contributed by atoms with Gasteiger partial charge in [-0.25, -0.2) is 0 Å². The summed E-state index contributed by atoms with van der Waals surface area (Å²) in [6.45, 7) is 0.534. The summed E-state index contributed by atoms with van der Waals surface area (Å²) in [5.41, 5.74) is 5.17. The highest BCUT2D eigenvalue weighted by atomic mass is 35.5. The van der Waals surface area contributed by atoms with E-state index in [4.69, 9.17) is 27.5 Å². The number of rotatable bonds is 4. The van der Waals surface area contributed by atoms with Gasteiger partial charge in [-0.2, -0.15) is 0 Å². The number of hydrogen-bond donors (Lipinski definition) is 2. The Morgan fingerprint density at radius 1 is 1.40 bits per heavy atom. The molecule has 3 N–H and O–H groups in total. The summed E-state index contributed by atoms with van der Waals surface area (Å²) in [6.07, 6.45) is 0. The van der Waals surface area contributed by atoms with Crippen molar-refractivity contribution in [1.82, 2.24) is 0 Å². The lowest BCUT2D eigenvalue weighted by molar-refractivity contribution is 0.344. The molecule has 0 amide bonds. The van der Waals surface area contributed by atoms with Crippen molar-refractivity contribution in [2.75, 3.05) is 12.4 Å². The maximum absolute atomic E-state index is 6.97. The van der Waals surface area contributed by atoms with Gasteiger partial charge in [-0.3, -0.25) is 5.41 Å². The zero-order valence-corrected chi connectivity index (χ0v) is 10.3. The molecule has 0 aliphatic rings. The Hall–Kier alpha value is -0.580. The minimum Gasteiger partial charge on any atom is -0.493 e. The highest BCUT2D eigenvalue weighted by Crippen LogP contribution is 2.15. The van der Waals surface area contributed by atoms with Crippen LogP contribution in [0.5, 0.6) is 5.75 Å². The minimum absolute atomic E-state index is 0. The first-order chi connectivity index (χ1) is 6.68. The molecular formula is C9H12Cl2N2OS. The number of nitrogens with one attached hydrogen (secondary N) is 1. The topological polar surface area (TPSA) is 59.1 Å². The van der Waals surface area contributed by atoms with Gasteiger partial charge in [0.2, 0.25) is 0 Å². The molecular weight excluding hydrogens is 255 g/mol. The Kier molecular flexibility index (Phi) is 7.38. The summed E-state index contributed by atoms with van der Waals surface area (Å²) in [5.74, 6) is 1.45. The molecule has 0 atom stereocenters. The molecule has 1 aromatic rings. The molecule has 84 valence electrons. The molecule has 0 spiro atoms. The fourth-order valence-electron chi connectivity index (χ4n) is 0.842. The van der Waals surface area contributed by atoms with Crippen LogP contribution in [0.3, 0.4) is 0 Å². The normalized spacial score (nSPS) is 9.13. The summed E-state index contributed by atoms with van der Waals surface area (Å²) in [7, 11) is 0. The highest BCUT2D eigenvalue weighted by molar-refractivity contribution is 8.13. The molecule has 0 fully saturated rings. The smallest absolute Gasteiger partial charge is 0.151 e. The quantitative estimate of drug-likeness (QED) is 0.501. The number of hydrogen-bond acceptors (Lipinski definition) is 3. The van der Waals surface area contributed by atoms with Crippen LogP contribution in [-0.2, 0) is 0 Å². The van der Waals surface area contributed by atoms with Crippen LogP contribution in [-0.4, -0.2) is 17.5 Å². The molecule has 1 aromatic carbocycles. The minimum atomic E-state index is 0. The second-order valence-corrected chi connectivity index (χ2v) is 4.09. The van der Waals surface area contributed by atoms with Crippen molar-refractivity contribution in [3.63, 3.8) is 0 Å². The van der Waals surface area contributed by atoms with Gasteiger partial charge in [0, 0.05) is 10.8 Å². The van der Waals surface area contributed by atoms with Gasteiger partial charge in [-0.05, 0) is 24.3 Å². The van der Waals surface area contributed by atoms with Crippen molar-refractivity contribution >= 4 is 40.9 Å². The van der Waals surface area contributed by atoms with Gasteiger partial charge >= 0.3 is 0 Å². The average molecular weight is 267 g/mol. The van der Waals surface area contributed by atoms with Crippen LogP contribution >= 0.6 is 35.8 Å². The average Bonchev–Trinajstić information content (AvgIpc) is 2.15. The third-order valence-electron chi connectivity index (χ3n) is 1.42. The number of amidine groups is 1. The van der Waals surface area contributed by atoms with Gasteiger partial charge in [-0.15, -0.1) is 12.4 Å². The molecule has 0 unspecified atom stereocenters. The Morgan fingerprint density at radius 2 is 2.00 bits per heavy atom. The lowest BCUT2D eigenvalue weighted by Gasteiger charge is -2.04. The van der Waals surface area contributed by atoms with Crippen LogP contribution in [0.2, 0.25) is 5.02 Å². The SMILES string of the molecule is Cl.N=C(N)SCCOc1ccc(Cl)cc1. The van der Waals surface area contributed by atoms with Crippen molar-refractivity contribution in [3.8, 4) is 5.75 Å². The first-order valence-electron chi connectivity index (χ1n) is 4.03. The van der Waals surface area contributed by atoms with E-state index in [0.717, 1.165) is 5.75 Å². The van der Waals surface area contributed by atoms with Gasteiger partial charge in [0.05, 0.1) is 6.61 Å². The van der Waals surface area contributed by atoms with E-state index in [2.05, 4.69) is 0 Å². The van der Waals surface area contributed by atoms with E-state index in [-0.39, 0.29) is 17.6 Å². The third-order valence-corrected chi connectivity index (χ3v) is 2.36. The van der Waals surface area contributed by atoms with Gasteiger partial charge in [0.1, 0.15) is 5.75 Å². The molecule has 0 aromatic heterocycles. The van der Waals surface area contributed by atoms with E-state index in [1.807, 2.05) is 0 Å². The number of halogens is 2. The van der Waals surface area contributed by atoms with Crippen molar-refractivity contribution in [2.24, 2.45) is 5.73 Å². The fourth-order valence-corrected chi connectivity index (χ4v) is 1.35. The molecule has 0 saturated carbocycles. The Bertz CT molecular complexity index is 305. The van der Waals surface area contributed by atoms with Gasteiger partial charge in [-0.1, -0.05) is 23.4 Å². The first kappa shape index (κ1) is 14.4. The standard InChI is InChI=1S/C9H11ClN2OS.ClH/c10-7-1-3-8(4-2-7)13-5-6-14-9(11)12;/h1-4H,5-6H2,(H3,11,12);1H. The Balaban J connectivity index is 0.00000196. The molecule has 0 aliphatic carbocycles. The van der Waals surface area contributed by atoms with E-state index < -0.39 is 0 Å². The molecule has 15 heavy (non-hydrogen) atoms. The van der Waals surface area contributed by atoms with Crippen LogP contribution < -0.4 is 10.5 Å². The number of benzene rings is 1. The van der Waals surface area contributed by atoms with Crippen molar-refractivity contribution in [2.45, 2.75) is 0 Å². The molecule has 1 rings (SSSR count). The van der Waals surface area contributed by atoms with Crippen molar-refractivity contribution < 1.29 is 4.74 Å². The van der Waals surface area contributed by atoms with Crippen LogP contribution in [0.25, 0.3) is 0 Å². The van der Waals surface area contributed by atoms with Crippen molar-refractivity contribution in [1.29, 1.82) is 5.41 Å². The molecule has 0 saturated heterocycles. The first-order valence-corrected chi connectivity index (χ1v) is 5.40. The summed E-state index contributed by atoms with van der Waals surface area (Å²) in [6, 6.07) is 7.16. The molecule has 0 bridgehead atoms. The zero-order chi connectivity index (χ0) is 10.4. The summed E-state index contributed by atoms with van der Waals surface area (Å²) in [5, 5.41) is 7.78. The summed E-state index contributed by atoms with van der Waals surface area (Å²) in [4.78, 5) is 0. The Morgan fingerprint density at radius 3 is 2.53 bits per heavy atom. The predicted molar refractivity (Wildman–Crippen MR) is 68.6 cm³/mol. The summed E-state index contributed by atoms with van der Waals surface area (Å²) < 4.78 is 5.38. The second-order valence-electron chi connectivity index (χ2n) is 2.52. The van der Waals surface area contributed by atoms with E-state index >= 15 is 0 Å². The van der Waals surface area contributed by atoms with E-state index in [1.165, 1.54) is 11.8 Å². The molecule has 0 heterocycles. The molecule has 0 aliphatic heterocycles. The van der Waals surface area contributed by atoms with E-state index in [1.54, 1.807) is 24.3 Å². The van der Waals surface area contributed by atoms with Crippen molar-refractivity contribution in [3.05, 3.63) is 29.3 Å². The maximum Gasteiger partial charge on any atom is 0.151 e. The lowest BCUT2D eigenvalue weighted by atomic mass is 10.3. The van der Waals surface area contributed by atoms with Gasteiger partial charge < -0.3 is 10.5 Å². The molecule has 6 heteroatoms. The predicted octanol–water partition coefficient (Wildman–Crippen LogP) is 2.77. The van der Waals surface area contributed by atoms with Crippen LogP contribution in [0.15, 0.2) is 24.3 Å². The van der Waals surface area contributed by atoms with E-state index in [9.17, 15) is 0 Å². The number of nitrogens with two attached hydrogens (primary N) is 1. The molecule has 0 radical (unpaired) electrons. The summed E-state index contributed by atoms with van der Waals surface area (Å²) >= 11 is 6.97. The molecule has 3 nitrogen and oxygen atoms in total. The van der Waals surface area contributed by atoms with Crippen LogP contribution in [0.4, 0.5) is 0 Å². The number of ether oxygens (including phenoxy) is 1. The third kappa shape index (κ3) is 6.49. The van der Waals surface area contributed by atoms with Crippen LogP contribution in [0, 0.1) is 5.41 Å². The maximum atomic E-state index is 6.97. The largest absolute Gasteiger partial charge is 0.493 e. The Labute approximate surface area is 104 Å².